The normalized spacial score (nSPS) is 14.2. The summed E-state index contributed by atoms with van der Waals surface area (Å²) in [5.74, 6) is -0.325. The molecule has 1 atom stereocenters. The molecule has 0 saturated carbocycles. The van der Waals surface area contributed by atoms with Crippen LogP contribution < -0.4 is 10.5 Å². The molecular formula is C19H19F3N3O5PS. The molecule has 2 aromatic carbocycles. The van der Waals surface area contributed by atoms with E-state index in [-0.39, 0.29) is 27.9 Å². The van der Waals surface area contributed by atoms with Gasteiger partial charge in [-0.25, -0.2) is 4.57 Å². The molecule has 0 saturated heterocycles. The summed E-state index contributed by atoms with van der Waals surface area (Å²) in [5, 5.41) is 8.01. The molecule has 8 nitrogen and oxygen atoms in total. The largest absolute Gasteiger partial charge is 0.488 e. The predicted molar refractivity (Wildman–Crippen MR) is 111 cm³/mol. The van der Waals surface area contributed by atoms with Crippen LogP contribution in [0.15, 0.2) is 48.5 Å². The number of benzene rings is 2. The van der Waals surface area contributed by atoms with Gasteiger partial charge < -0.3 is 20.3 Å². The summed E-state index contributed by atoms with van der Waals surface area (Å²) < 4.78 is 61.7. The van der Waals surface area contributed by atoms with Crippen molar-refractivity contribution >= 4 is 19.2 Å². The lowest BCUT2D eigenvalue weighted by atomic mass is 10.1. The molecule has 0 unspecified atom stereocenters. The Morgan fingerprint density at radius 3 is 2.44 bits per heavy atom. The topological polar surface area (TPSA) is 128 Å². The third-order valence-corrected chi connectivity index (χ3v) is 5.93. The average molecular weight is 489 g/mol. The first-order valence-corrected chi connectivity index (χ1v) is 11.4. The maximum atomic E-state index is 13.7. The van der Waals surface area contributed by atoms with E-state index in [1.807, 2.05) is 0 Å². The summed E-state index contributed by atoms with van der Waals surface area (Å²) in [5.41, 5.74) is 4.47. The van der Waals surface area contributed by atoms with Gasteiger partial charge >= 0.3 is 14.0 Å². The Morgan fingerprint density at radius 1 is 1.12 bits per heavy atom. The van der Waals surface area contributed by atoms with Crippen molar-refractivity contribution in [3.05, 3.63) is 64.7 Å². The van der Waals surface area contributed by atoms with Crippen molar-refractivity contribution in [2.45, 2.75) is 25.2 Å². The Balaban J connectivity index is 1.85. The number of phosphoric acid groups is 1. The number of phosphoric ester groups is 1. The maximum Gasteiger partial charge on any atom is 0.469 e. The summed E-state index contributed by atoms with van der Waals surface area (Å²) in [6.07, 6.45) is -4.67. The van der Waals surface area contributed by atoms with E-state index in [1.54, 1.807) is 30.3 Å². The van der Waals surface area contributed by atoms with Crippen molar-refractivity contribution in [2.24, 2.45) is 5.73 Å². The van der Waals surface area contributed by atoms with Gasteiger partial charge in [0, 0.05) is 5.56 Å². The predicted octanol–water partition coefficient (Wildman–Crippen LogP) is 4.09. The number of alkyl halides is 3. The number of ether oxygens (including phenoxy) is 1. The molecule has 172 valence electrons. The number of rotatable bonds is 8. The van der Waals surface area contributed by atoms with Crippen molar-refractivity contribution in [3.8, 4) is 16.3 Å². The summed E-state index contributed by atoms with van der Waals surface area (Å²) in [6, 6.07) is 12.3. The van der Waals surface area contributed by atoms with Gasteiger partial charge in [0.1, 0.15) is 22.4 Å². The van der Waals surface area contributed by atoms with Crippen LogP contribution in [0.3, 0.4) is 0 Å². The first kappa shape index (κ1) is 24.3. The molecule has 3 rings (SSSR count). The molecule has 0 radical (unpaired) electrons. The number of hydrogen-bond acceptors (Lipinski definition) is 7. The van der Waals surface area contributed by atoms with Crippen LogP contribution in [0.2, 0.25) is 0 Å². The maximum absolute atomic E-state index is 13.7. The zero-order valence-electron chi connectivity index (χ0n) is 16.6. The van der Waals surface area contributed by atoms with E-state index in [1.165, 1.54) is 19.1 Å². The molecule has 0 aliphatic carbocycles. The van der Waals surface area contributed by atoms with Gasteiger partial charge in [-0.3, -0.25) is 4.52 Å². The van der Waals surface area contributed by atoms with Gasteiger partial charge in [-0.05, 0) is 30.7 Å². The van der Waals surface area contributed by atoms with Crippen LogP contribution in [-0.2, 0) is 27.4 Å². The number of hydrogen-bond donors (Lipinski definition) is 3. The van der Waals surface area contributed by atoms with Crippen molar-refractivity contribution in [3.63, 3.8) is 0 Å². The van der Waals surface area contributed by atoms with Crippen LogP contribution in [-0.4, -0.2) is 26.6 Å². The zero-order valence-corrected chi connectivity index (χ0v) is 18.3. The van der Waals surface area contributed by atoms with Crippen molar-refractivity contribution in [2.75, 3.05) is 6.61 Å². The third kappa shape index (κ3) is 6.35. The number of nitrogens with zero attached hydrogens (tertiary/aromatic N) is 2. The lowest BCUT2D eigenvalue weighted by Crippen LogP contribution is -2.37. The molecule has 13 heteroatoms. The summed E-state index contributed by atoms with van der Waals surface area (Å²) in [6.45, 7) is 0.817. The van der Waals surface area contributed by atoms with Gasteiger partial charge in [0.05, 0.1) is 17.7 Å². The van der Waals surface area contributed by atoms with E-state index < -0.39 is 31.7 Å². The van der Waals surface area contributed by atoms with Crippen molar-refractivity contribution < 1.29 is 36.8 Å². The number of halogens is 3. The molecular weight excluding hydrogens is 470 g/mol. The SMILES string of the molecule is C[C@](N)(COP(=O)(O)O)c1nnc(-c2ccc(OCc3ccccc3)c(C(F)(F)F)c2)s1. The highest BCUT2D eigenvalue weighted by molar-refractivity contribution is 7.46. The van der Waals surface area contributed by atoms with Crippen LogP contribution in [0.1, 0.15) is 23.1 Å². The minimum absolute atomic E-state index is 0.0304. The lowest BCUT2D eigenvalue weighted by molar-refractivity contribution is -0.139. The zero-order chi connectivity index (χ0) is 23.6. The van der Waals surface area contributed by atoms with E-state index in [0.717, 1.165) is 23.0 Å². The quantitative estimate of drug-likeness (QED) is 0.404. The minimum atomic E-state index is -4.76. The molecule has 0 amide bonds. The van der Waals surface area contributed by atoms with Crippen molar-refractivity contribution in [1.29, 1.82) is 0 Å². The van der Waals surface area contributed by atoms with Gasteiger partial charge in [0.15, 0.2) is 0 Å². The highest BCUT2D eigenvalue weighted by atomic mass is 32.1. The molecule has 0 aliphatic heterocycles. The fourth-order valence-corrected chi connectivity index (χ4v) is 3.92. The second-order valence-corrected chi connectivity index (χ2v) is 9.29. The van der Waals surface area contributed by atoms with Crippen LogP contribution >= 0.6 is 19.2 Å². The summed E-state index contributed by atoms with van der Waals surface area (Å²) >= 11 is 0.891. The second kappa shape index (κ2) is 9.26. The average Bonchev–Trinajstić information content (AvgIpc) is 3.22. The fourth-order valence-electron chi connectivity index (χ4n) is 2.60. The number of aromatic nitrogens is 2. The molecule has 1 heterocycles. The molecule has 0 spiro atoms. The van der Waals surface area contributed by atoms with Gasteiger partial charge in [-0.2, -0.15) is 13.2 Å². The Hall–Kier alpha value is -2.34. The fraction of sp³-hybridized carbons (Fsp3) is 0.263. The van der Waals surface area contributed by atoms with Crippen molar-refractivity contribution in [1.82, 2.24) is 10.2 Å². The second-order valence-electron chi connectivity index (χ2n) is 7.08. The van der Waals surface area contributed by atoms with E-state index in [9.17, 15) is 17.7 Å². The smallest absolute Gasteiger partial charge is 0.469 e. The summed E-state index contributed by atoms with van der Waals surface area (Å²) in [7, 11) is -4.76. The van der Waals surface area contributed by atoms with Gasteiger partial charge in [-0.1, -0.05) is 41.7 Å². The first-order chi connectivity index (χ1) is 14.9. The highest BCUT2D eigenvalue weighted by Crippen LogP contribution is 2.41. The highest BCUT2D eigenvalue weighted by Gasteiger charge is 2.35. The molecule has 0 aliphatic rings. The van der Waals surface area contributed by atoms with Gasteiger partial charge in [-0.15, -0.1) is 10.2 Å². The Morgan fingerprint density at radius 2 is 1.81 bits per heavy atom. The Bertz CT molecular complexity index is 1120. The van der Waals surface area contributed by atoms with E-state index in [0.29, 0.717) is 0 Å². The third-order valence-electron chi connectivity index (χ3n) is 4.22. The summed E-state index contributed by atoms with van der Waals surface area (Å²) in [4.78, 5) is 17.7. The van der Waals surface area contributed by atoms with Gasteiger partial charge in [0.2, 0.25) is 0 Å². The van der Waals surface area contributed by atoms with Crippen LogP contribution in [0.25, 0.3) is 10.6 Å². The Labute approximate surface area is 185 Å². The van der Waals surface area contributed by atoms with E-state index >= 15 is 0 Å². The lowest BCUT2D eigenvalue weighted by Gasteiger charge is -2.21. The van der Waals surface area contributed by atoms with E-state index in [2.05, 4.69) is 14.7 Å². The van der Waals surface area contributed by atoms with Crippen LogP contribution in [0.4, 0.5) is 13.2 Å². The molecule has 1 aromatic heterocycles. The molecule has 4 N–H and O–H groups in total. The monoisotopic (exact) mass is 489 g/mol. The first-order valence-electron chi connectivity index (χ1n) is 9.06. The van der Waals surface area contributed by atoms with Gasteiger partial charge in [0.25, 0.3) is 0 Å². The van der Waals surface area contributed by atoms with Crippen LogP contribution in [0, 0.1) is 0 Å². The molecule has 3 aromatic rings. The molecule has 32 heavy (non-hydrogen) atoms. The molecule has 0 bridgehead atoms. The Kier molecular flexibility index (Phi) is 7.03. The van der Waals surface area contributed by atoms with E-state index in [4.69, 9.17) is 20.3 Å². The van der Waals surface area contributed by atoms with Crippen LogP contribution in [0.5, 0.6) is 5.75 Å². The molecule has 0 fully saturated rings. The minimum Gasteiger partial charge on any atom is -0.488 e. The standard InChI is InChI=1S/C19H19F3N3O5PS/c1-18(23,11-30-31(26,27)28)17-25-24-16(32-17)13-7-8-15(14(9-13)19(20,21)22)29-10-12-5-3-2-4-6-12/h2-9H,10-11,23H2,1H3,(H2,26,27,28)/t18-/m0/s1. The number of nitrogens with two attached hydrogens (primary N) is 1.